The average Bonchev–Trinajstić information content (AvgIpc) is 2.47. The summed E-state index contributed by atoms with van der Waals surface area (Å²) in [4.78, 5) is 22.7. The Morgan fingerprint density at radius 1 is 1.32 bits per heavy atom. The average molecular weight is 309 g/mol. The van der Waals surface area contributed by atoms with Crippen molar-refractivity contribution in [2.75, 3.05) is 20.3 Å². The smallest absolute Gasteiger partial charge is 0.326 e. The molecule has 1 amide bonds. The number of hydrogen-bond acceptors (Lipinski definition) is 4. The van der Waals surface area contributed by atoms with Gasteiger partial charge in [-0.05, 0) is 31.0 Å². The quantitative estimate of drug-likeness (QED) is 0.643. The Morgan fingerprint density at radius 2 is 2.09 bits per heavy atom. The van der Waals surface area contributed by atoms with Gasteiger partial charge in [-0.1, -0.05) is 12.1 Å². The lowest BCUT2D eigenvalue weighted by Gasteiger charge is -2.14. The minimum Gasteiger partial charge on any atom is -0.494 e. The Labute approximate surface area is 130 Å². The van der Waals surface area contributed by atoms with Crippen molar-refractivity contribution in [2.24, 2.45) is 0 Å². The highest BCUT2D eigenvalue weighted by molar-refractivity contribution is 5.83. The normalized spacial score (nSPS) is 11.7. The van der Waals surface area contributed by atoms with Crippen LogP contribution in [0.25, 0.3) is 0 Å². The van der Waals surface area contributed by atoms with E-state index in [0.29, 0.717) is 13.0 Å². The molecule has 6 nitrogen and oxygen atoms in total. The van der Waals surface area contributed by atoms with Crippen molar-refractivity contribution in [1.82, 2.24) is 5.32 Å². The van der Waals surface area contributed by atoms with Crippen LogP contribution in [0.2, 0.25) is 0 Å². The maximum absolute atomic E-state index is 11.7. The molecule has 1 atom stereocenters. The van der Waals surface area contributed by atoms with Gasteiger partial charge in [0.25, 0.3) is 0 Å². The Balaban J connectivity index is 2.26. The largest absolute Gasteiger partial charge is 0.494 e. The van der Waals surface area contributed by atoms with Crippen LogP contribution in [0.1, 0.15) is 24.8 Å². The third-order valence-electron chi connectivity index (χ3n) is 3.05. The highest BCUT2D eigenvalue weighted by atomic mass is 16.5. The minimum absolute atomic E-state index is 0.225. The topological polar surface area (TPSA) is 84.9 Å². The molecule has 1 unspecified atom stereocenters. The second kappa shape index (κ2) is 9.78. The van der Waals surface area contributed by atoms with E-state index in [1.54, 1.807) is 0 Å². The van der Waals surface area contributed by atoms with Gasteiger partial charge in [0.05, 0.1) is 6.61 Å². The number of aliphatic carboxylic acids is 1. The predicted molar refractivity (Wildman–Crippen MR) is 82.0 cm³/mol. The molecule has 0 fully saturated rings. The second-order valence-electron chi connectivity index (χ2n) is 5.01. The number of rotatable bonds is 10. The first-order valence-electron chi connectivity index (χ1n) is 7.23. The molecule has 2 N–H and O–H groups in total. The van der Waals surface area contributed by atoms with E-state index in [1.807, 2.05) is 31.2 Å². The summed E-state index contributed by atoms with van der Waals surface area (Å²) >= 11 is 0. The molecule has 0 radical (unpaired) electrons. The van der Waals surface area contributed by atoms with Gasteiger partial charge in [0.2, 0.25) is 5.91 Å². The molecule has 122 valence electrons. The highest BCUT2D eigenvalue weighted by Gasteiger charge is 2.19. The number of amides is 1. The summed E-state index contributed by atoms with van der Waals surface area (Å²) in [7, 11) is 1.49. The first-order valence-corrected chi connectivity index (χ1v) is 7.23. The zero-order chi connectivity index (χ0) is 16.4. The molecule has 1 aromatic carbocycles. The highest BCUT2D eigenvalue weighted by Crippen LogP contribution is 2.12. The monoisotopic (exact) mass is 309 g/mol. The summed E-state index contributed by atoms with van der Waals surface area (Å²) in [5.74, 6) is -0.582. The first-order chi connectivity index (χ1) is 10.5. The molecule has 0 aliphatic carbocycles. The number of carbonyl (C=O) groups excluding carboxylic acids is 1. The van der Waals surface area contributed by atoms with Crippen LogP contribution < -0.4 is 10.1 Å². The SMILES string of the molecule is COCCC(NC(=O)CCCOc1cccc(C)c1)C(=O)O. The van der Waals surface area contributed by atoms with Gasteiger partial charge in [0.1, 0.15) is 11.8 Å². The van der Waals surface area contributed by atoms with Crippen LogP contribution >= 0.6 is 0 Å². The van der Waals surface area contributed by atoms with Gasteiger partial charge in [-0.25, -0.2) is 4.79 Å². The van der Waals surface area contributed by atoms with Crippen LogP contribution in [0.3, 0.4) is 0 Å². The molecular formula is C16H23NO5. The molecule has 22 heavy (non-hydrogen) atoms. The van der Waals surface area contributed by atoms with Crippen LogP contribution in [-0.2, 0) is 14.3 Å². The van der Waals surface area contributed by atoms with Crippen molar-refractivity contribution < 1.29 is 24.2 Å². The summed E-state index contributed by atoms with van der Waals surface area (Å²) in [6.45, 7) is 2.67. The van der Waals surface area contributed by atoms with Crippen molar-refractivity contribution >= 4 is 11.9 Å². The fourth-order valence-electron chi connectivity index (χ4n) is 1.89. The maximum atomic E-state index is 11.7. The van der Waals surface area contributed by atoms with E-state index in [-0.39, 0.29) is 25.4 Å². The number of aryl methyl sites for hydroxylation is 1. The molecule has 0 aliphatic heterocycles. The van der Waals surface area contributed by atoms with Gasteiger partial charge in [-0.2, -0.15) is 0 Å². The van der Waals surface area contributed by atoms with E-state index in [2.05, 4.69) is 5.32 Å². The Bertz CT molecular complexity index is 489. The van der Waals surface area contributed by atoms with E-state index in [9.17, 15) is 9.59 Å². The number of carboxylic acid groups (broad SMARTS) is 1. The number of nitrogens with one attached hydrogen (secondary N) is 1. The van der Waals surface area contributed by atoms with Crippen LogP contribution in [0, 0.1) is 6.92 Å². The Hall–Kier alpha value is -2.08. The molecule has 0 heterocycles. The van der Waals surface area contributed by atoms with Crippen LogP contribution in [0.5, 0.6) is 5.75 Å². The fraction of sp³-hybridized carbons (Fsp3) is 0.500. The molecule has 0 spiro atoms. The Kier molecular flexibility index (Phi) is 7.99. The lowest BCUT2D eigenvalue weighted by molar-refractivity contribution is -0.142. The van der Waals surface area contributed by atoms with E-state index in [0.717, 1.165) is 11.3 Å². The number of methoxy groups -OCH3 is 1. The van der Waals surface area contributed by atoms with Gasteiger partial charge in [0, 0.05) is 26.6 Å². The number of carboxylic acids is 1. The summed E-state index contributed by atoms with van der Waals surface area (Å²) in [5.41, 5.74) is 1.11. The maximum Gasteiger partial charge on any atom is 0.326 e. The minimum atomic E-state index is -1.05. The second-order valence-corrected chi connectivity index (χ2v) is 5.01. The standard InChI is InChI=1S/C16H23NO5/c1-12-5-3-6-13(11-12)22-9-4-7-15(18)17-14(16(19)20)8-10-21-2/h3,5-6,11,14H,4,7-10H2,1-2H3,(H,17,18)(H,19,20). The van der Waals surface area contributed by atoms with Crippen LogP contribution in [-0.4, -0.2) is 43.3 Å². The third-order valence-corrected chi connectivity index (χ3v) is 3.05. The number of carbonyl (C=O) groups is 2. The molecular weight excluding hydrogens is 286 g/mol. The molecule has 0 aliphatic rings. The van der Waals surface area contributed by atoms with Crippen molar-refractivity contribution in [1.29, 1.82) is 0 Å². The van der Waals surface area contributed by atoms with Crippen LogP contribution in [0.4, 0.5) is 0 Å². The summed E-state index contributed by atoms with van der Waals surface area (Å²) < 4.78 is 10.4. The fourth-order valence-corrected chi connectivity index (χ4v) is 1.89. The summed E-state index contributed by atoms with van der Waals surface area (Å²) in [6.07, 6.45) is 0.996. The van der Waals surface area contributed by atoms with Crippen molar-refractivity contribution in [3.63, 3.8) is 0 Å². The molecule has 1 aromatic rings. The molecule has 6 heteroatoms. The number of hydrogen-bond donors (Lipinski definition) is 2. The lowest BCUT2D eigenvalue weighted by atomic mass is 10.2. The van der Waals surface area contributed by atoms with Crippen LogP contribution in [0.15, 0.2) is 24.3 Å². The van der Waals surface area contributed by atoms with E-state index < -0.39 is 12.0 Å². The molecule has 0 bridgehead atoms. The van der Waals surface area contributed by atoms with Crippen molar-refractivity contribution in [3.05, 3.63) is 29.8 Å². The van der Waals surface area contributed by atoms with E-state index >= 15 is 0 Å². The molecule has 1 rings (SSSR count). The Morgan fingerprint density at radius 3 is 2.73 bits per heavy atom. The van der Waals surface area contributed by atoms with Gasteiger partial charge in [0.15, 0.2) is 0 Å². The van der Waals surface area contributed by atoms with E-state index in [1.165, 1.54) is 7.11 Å². The summed E-state index contributed by atoms with van der Waals surface area (Å²) in [5, 5.41) is 11.5. The number of benzene rings is 1. The molecule has 0 aromatic heterocycles. The van der Waals surface area contributed by atoms with E-state index in [4.69, 9.17) is 14.6 Å². The zero-order valence-corrected chi connectivity index (χ0v) is 13.0. The van der Waals surface area contributed by atoms with Gasteiger partial charge in [-0.15, -0.1) is 0 Å². The third kappa shape index (κ3) is 7.08. The molecule has 0 saturated carbocycles. The lowest BCUT2D eigenvalue weighted by Crippen LogP contribution is -2.41. The summed E-state index contributed by atoms with van der Waals surface area (Å²) in [6, 6.07) is 6.76. The first kappa shape index (κ1) is 18.0. The van der Waals surface area contributed by atoms with Crippen molar-refractivity contribution in [3.8, 4) is 5.75 Å². The van der Waals surface area contributed by atoms with Gasteiger partial charge in [-0.3, -0.25) is 4.79 Å². The molecule has 0 saturated heterocycles. The van der Waals surface area contributed by atoms with Gasteiger partial charge < -0.3 is 19.9 Å². The van der Waals surface area contributed by atoms with Crippen molar-refractivity contribution in [2.45, 2.75) is 32.2 Å². The number of ether oxygens (including phenoxy) is 2. The predicted octanol–water partition coefficient (Wildman–Crippen LogP) is 1.76. The zero-order valence-electron chi connectivity index (χ0n) is 13.0. The van der Waals surface area contributed by atoms with Gasteiger partial charge >= 0.3 is 5.97 Å².